The standard InChI is InChI=1S/C14H23NO9/c1-3-4-23-11(9(19)6-16)12-10(15-7(2)17)8(18)5-14(22,24-12)13(20)21/h3,8-12,16,18-19,22H,1,4-6H2,2H3,(H,15,17)(H,20,21)/t8-,9+,10+,11+,12+,14-/m0/s1. The van der Waals surface area contributed by atoms with Crippen LogP contribution in [0.15, 0.2) is 12.7 Å². The van der Waals surface area contributed by atoms with Gasteiger partial charge >= 0.3 is 5.97 Å². The lowest BCUT2D eigenvalue weighted by Crippen LogP contribution is -2.67. The quantitative estimate of drug-likeness (QED) is 0.256. The lowest BCUT2D eigenvalue weighted by atomic mass is 9.88. The first-order chi connectivity index (χ1) is 11.2. The minimum Gasteiger partial charge on any atom is -0.477 e. The molecule has 10 nitrogen and oxygen atoms in total. The molecule has 0 aromatic carbocycles. The maximum absolute atomic E-state index is 11.3. The maximum atomic E-state index is 11.3. The number of amides is 1. The second kappa shape index (κ2) is 8.51. The molecule has 138 valence electrons. The van der Waals surface area contributed by atoms with E-state index in [9.17, 15) is 24.9 Å². The Morgan fingerprint density at radius 2 is 2.17 bits per heavy atom. The third-order valence-electron chi connectivity index (χ3n) is 3.59. The number of hydrogen-bond acceptors (Lipinski definition) is 8. The summed E-state index contributed by atoms with van der Waals surface area (Å²) in [5.74, 6) is -5.02. The van der Waals surface area contributed by atoms with E-state index in [4.69, 9.17) is 19.7 Å². The molecule has 0 aromatic rings. The predicted molar refractivity (Wildman–Crippen MR) is 78.7 cm³/mol. The van der Waals surface area contributed by atoms with E-state index in [1.165, 1.54) is 13.0 Å². The summed E-state index contributed by atoms with van der Waals surface area (Å²) in [5, 5.41) is 50.8. The highest BCUT2D eigenvalue weighted by Crippen LogP contribution is 2.31. The van der Waals surface area contributed by atoms with Gasteiger partial charge in [0.05, 0.1) is 25.4 Å². The van der Waals surface area contributed by atoms with Crippen LogP contribution in [0.2, 0.25) is 0 Å². The molecule has 0 radical (unpaired) electrons. The minimum absolute atomic E-state index is 0.0873. The number of carboxylic acid groups (broad SMARTS) is 1. The predicted octanol–water partition coefficient (Wildman–Crippen LogP) is -2.66. The van der Waals surface area contributed by atoms with Gasteiger partial charge in [0.25, 0.3) is 5.79 Å². The molecule has 1 aliphatic rings. The largest absolute Gasteiger partial charge is 0.477 e. The fraction of sp³-hybridized carbons (Fsp3) is 0.714. The van der Waals surface area contributed by atoms with E-state index in [-0.39, 0.29) is 6.61 Å². The van der Waals surface area contributed by atoms with Crippen molar-refractivity contribution < 1.29 is 44.6 Å². The Kier molecular flexibility index (Phi) is 7.27. The molecule has 0 bridgehead atoms. The molecule has 24 heavy (non-hydrogen) atoms. The summed E-state index contributed by atoms with van der Waals surface area (Å²) < 4.78 is 10.4. The molecule has 1 rings (SSSR count). The van der Waals surface area contributed by atoms with Crippen LogP contribution in [0.1, 0.15) is 13.3 Å². The Labute approximate surface area is 138 Å². The van der Waals surface area contributed by atoms with Gasteiger partial charge in [-0.05, 0) is 0 Å². The van der Waals surface area contributed by atoms with E-state index in [2.05, 4.69) is 11.9 Å². The Morgan fingerprint density at radius 1 is 1.54 bits per heavy atom. The first-order valence-electron chi connectivity index (χ1n) is 7.26. The molecular weight excluding hydrogens is 326 g/mol. The van der Waals surface area contributed by atoms with Crippen molar-refractivity contribution in [2.75, 3.05) is 13.2 Å². The van der Waals surface area contributed by atoms with Crippen LogP contribution >= 0.6 is 0 Å². The lowest BCUT2D eigenvalue weighted by Gasteiger charge is -2.45. The third kappa shape index (κ3) is 4.72. The summed E-state index contributed by atoms with van der Waals surface area (Å²) in [4.78, 5) is 22.6. The highest BCUT2D eigenvalue weighted by molar-refractivity contribution is 5.76. The number of aliphatic hydroxyl groups is 4. The van der Waals surface area contributed by atoms with E-state index in [0.29, 0.717) is 0 Å². The molecule has 0 spiro atoms. The van der Waals surface area contributed by atoms with Gasteiger partial charge in [-0.25, -0.2) is 4.79 Å². The summed E-state index contributed by atoms with van der Waals surface area (Å²) in [6, 6.07) is -1.17. The monoisotopic (exact) mass is 349 g/mol. The molecule has 10 heteroatoms. The van der Waals surface area contributed by atoms with Gasteiger partial charge in [-0.15, -0.1) is 6.58 Å². The fourth-order valence-electron chi connectivity index (χ4n) is 2.51. The number of rotatable bonds is 8. The van der Waals surface area contributed by atoms with Crippen LogP contribution in [0.5, 0.6) is 0 Å². The van der Waals surface area contributed by atoms with Crippen molar-refractivity contribution in [1.29, 1.82) is 0 Å². The van der Waals surface area contributed by atoms with Crippen LogP contribution in [0.3, 0.4) is 0 Å². The first-order valence-corrected chi connectivity index (χ1v) is 7.26. The highest BCUT2D eigenvalue weighted by atomic mass is 16.7. The van der Waals surface area contributed by atoms with Crippen LogP contribution in [-0.4, -0.2) is 86.9 Å². The summed E-state index contributed by atoms with van der Waals surface area (Å²) in [7, 11) is 0. The molecule has 6 N–H and O–H groups in total. The zero-order valence-corrected chi connectivity index (χ0v) is 13.2. The van der Waals surface area contributed by atoms with Crippen molar-refractivity contribution in [2.24, 2.45) is 0 Å². The van der Waals surface area contributed by atoms with Crippen molar-refractivity contribution in [3.05, 3.63) is 12.7 Å². The second-order valence-electron chi connectivity index (χ2n) is 5.51. The van der Waals surface area contributed by atoms with Crippen LogP contribution in [-0.2, 0) is 19.1 Å². The number of hydrogen-bond donors (Lipinski definition) is 6. The van der Waals surface area contributed by atoms with E-state index in [1.807, 2.05) is 0 Å². The van der Waals surface area contributed by atoms with Crippen LogP contribution in [0.4, 0.5) is 0 Å². The summed E-state index contributed by atoms with van der Waals surface area (Å²) in [5.41, 5.74) is 0. The number of ether oxygens (including phenoxy) is 2. The molecule has 1 aliphatic heterocycles. The zero-order valence-electron chi connectivity index (χ0n) is 13.2. The SMILES string of the molecule is C=CCO[C@@H]([C@@H]1O[C@](O)(C(=O)O)C[C@H](O)[C@H]1NC(C)=O)[C@H](O)CO. The molecule has 1 amide bonds. The normalized spacial score (nSPS) is 32.6. The number of aliphatic carboxylic acids is 1. The summed E-state index contributed by atoms with van der Waals surface area (Å²) >= 11 is 0. The van der Waals surface area contributed by atoms with Crippen LogP contribution in [0.25, 0.3) is 0 Å². The van der Waals surface area contributed by atoms with Gasteiger partial charge in [-0.1, -0.05) is 6.08 Å². The van der Waals surface area contributed by atoms with Crippen LogP contribution in [0, 0.1) is 0 Å². The van der Waals surface area contributed by atoms with Gasteiger partial charge in [0.2, 0.25) is 5.91 Å². The number of carboxylic acids is 1. The number of nitrogens with one attached hydrogen (secondary N) is 1. The van der Waals surface area contributed by atoms with Gasteiger partial charge in [0.15, 0.2) is 0 Å². The number of carbonyl (C=O) groups is 2. The molecular formula is C14H23NO9. The smallest absolute Gasteiger partial charge is 0.364 e. The second-order valence-corrected chi connectivity index (χ2v) is 5.51. The van der Waals surface area contributed by atoms with Crippen molar-refractivity contribution in [1.82, 2.24) is 5.32 Å². The molecule has 0 unspecified atom stereocenters. The minimum atomic E-state index is -2.73. The van der Waals surface area contributed by atoms with Crippen LogP contribution < -0.4 is 5.32 Å². The van der Waals surface area contributed by atoms with Crippen molar-refractivity contribution in [3.63, 3.8) is 0 Å². The number of carbonyl (C=O) groups excluding carboxylic acids is 1. The Morgan fingerprint density at radius 3 is 2.62 bits per heavy atom. The molecule has 0 saturated carbocycles. The van der Waals surface area contributed by atoms with Crippen molar-refractivity contribution in [2.45, 2.75) is 49.6 Å². The summed E-state index contributed by atoms with van der Waals surface area (Å²) in [6.07, 6.45) is -5.16. The highest BCUT2D eigenvalue weighted by Gasteiger charge is 2.54. The molecule has 0 aromatic heterocycles. The van der Waals surface area contributed by atoms with Gasteiger partial charge in [0.1, 0.15) is 18.3 Å². The molecule has 1 heterocycles. The van der Waals surface area contributed by atoms with E-state index in [1.54, 1.807) is 0 Å². The average molecular weight is 349 g/mol. The molecule has 0 aliphatic carbocycles. The third-order valence-corrected chi connectivity index (χ3v) is 3.59. The molecule has 1 saturated heterocycles. The molecule has 1 fully saturated rings. The molecule has 6 atom stereocenters. The topological polar surface area (TPSA) is 166 Å². The van der Waals surface area contributed by atoms with Gasteiger partial charge in [0, 0.05) is 13.3 Å². The Bertz CT molecular complexity index is 471. The lowest BCUT2D eigenvalue weighted by molar-refractivity contribution is -0.298. The van der Waals surface area contributed by atoms with Crippen molar-refractivity contribution >= 4 is 11.9 Å². The fourth-order valence-corrected chi connectivity index (χ4v) is 2.51. The maximum Gasteiger partial charge on any atom is 0.364 e. The van der Waals surface area contributed by atoms with E-state index < -0.39 is 61.1 Å². The van der Waals surface area contributed by atoms with E-state index >= 15 is 0 Å². The first kappa shape index (κ1) is 20.5. The Balaban J connectivity index is 3.20. The average Bonchev–Trinajstić information content (AvgIpc) is 2.50. The summed E-state index contributed by atoms with van der Waals surface area (Å²) in [6.45, 7) is 3.76. The zero-order chi connectivity index (χ0) is 18.5. The van der Waals surface area contributed by atoms with Gasteiger partial charge < -0.3 is 40.3 Å². The van der Waals surface area contributed by atoms with Gasteiger partial charge in [-0.3, -0.25) is 4.79 Å². The number of aliphatic hydroxyl groups excluding tert-OH is 3. The Hall–Kier alpha value is -1.56. The van der Waals surface area contributed by atoms with E-state index in [0.717, 1.165) is 0 Å². The van der Waals surface area contributed by atoms with Crippen molar-refractivity contribution in [3.8, 4) is 0 Å². The van der Waals surface area contributed by atoms with Gasteiger partial charge in [-0.2, -0.15) is 0 Å².